The van der Waals surface area contributed by atoms with Crippen LogP contribution in [0.4, 0.5) is 5.82 Å². The van der Waals surface area contributed by atoms with Crippen molar-refractivity contribution in [3.8, 4) is 0 Å². The first-order valence-corrected chi connectivity index (χ1v) is 7.14. The third-order valence-corrected chi connectivity index (χ3v) is 3.63. The Balaban J connectivity index is 2.11. The summed E-state index contributed by atoms with van der Waals surface area (Å²) in [5.41, 5.74) is 7.19. The SMILES string of the molecule is COCC1CCCN(c2ncccc2CC(C)N)C1. The first kappa shape index (κ1) is 14.3. The van der Waals surface area contributed by atoms with Crippen LogP contribution in [-0.4, -0.2) is 37.8 Å². The summed E-state index contributed by atoms with van der Waals surface area (Å²) in [5, 5.41) is 0. The minimum absolute atomic E-state index is 0.169. The first-order valence-electron chi connectivity index (χ1n) is 7.14. The predicted octanol–water partition coefficient (Wildman–Crippen LogP) is 1.83. The van der Waals surface area contributed by atoms with Crippen LogP contribution in [0.1, 0.15) is 25.3 Å². The highest BCUT2D eigenvalue weighted by Crippen LogP contribution is 2.25. The van der Waals surface area contributed by atoms with Crippen molar-refractivity contribution in [1.82, 2.24) is 4.98 Å². The van der Waals surface area contributed by atoms with Gasteiger partial charge in [0.05, 0.1) is 6.61 Å². The quantitative estimate of drug-likeness (QED) is 0.880. The fourth-order valence-electron chi connectivity index (χ4n) is 2.85. The van der Waals surface area contributed by atoms with Crippen LogP contribution in [0.3, 0.4) is 0 Å². The highest BCUT2D eigenvalue weighted by Gasteiger charge is 2.22. The molecule has 1 aromatic heterocycles. The molecule has 1 aromatic rings. The van der Waals surface area contributed by atoms with Crippen LogP contribution in [-0.2, 0) is 11.2 Å². The Hall–Kier alpha value is -1.13. The number of hydrogen-bond acceptors (Lipinski definition) is 4. The van der Waals surface area contributed by atoms with Crippen LogP contribution >= 0.6 is 0 Å². The van der Waals surface area contributed by atoms with Crippen molar-refractivity contribution in [1.29, 1.82) is 0 Å². The van der Waals surface area contributed by atoms with Crippen LogP contribution in [0.25, 0.3) is 0 Å². The Bertz CT molecular complexity index is 393. The van der Waals surface area contributed by atoms with Gasteiger partial charge in [0.2, 0.25) is 0 Å². The molecule has 0 saturated carbocycles. The maximum absolute atomic E-state index is 5.93. The molecule has 1 aliphatic heterocycles. The van der Waals surface area contributed by atoms with E-state index in [-0.39, 0.29) is 6.04 Å². The van der Waals surface area contributed by atoms with Crippen molar-refractivity contribution in [2.24, 2.45) is 11.7 Å². The van der Waals surface area contributed by atoms with Gasteiger partial charge in [-0.15, -0.1) is 0 Å². The molecule has 2 N–H and O–H groups in total. The van der Waals surface area contributed by atoms with Gasteiger partial charge in [0.25, 0.3) is 0 Å². The number of hydrogen-bond donors (Lipinski definition) is 1. The molecule has 0 amide bonds. The molecule has 4 nitrogen and oxygen atoms in total. The van der Waals surface area contributed by atoms with Gasteiger partial charge in [0.15, 0.2) is 0 Å². The maximum Gasteiger partial charge on any atom is 0.131 e. The summed E-state index contributed by atoms with van der Waals surface area (Å²) >= 11 is 0. The molecular weight excluding hydrogens is 238 g/mol. The smallest absolute Gasteiger partial charge is 0.131 e. The van der Waals surface area contributed by atoms with Crippen LogP contribution < -0.4 is 10.6 Å². The molecule has 2 unspecified atom stereocenters. The van der Waals surface area contributed by atoms with Crippen molar-refractivity contribution in [2.75, 3.05) is 31.7 Å². The molecule has 4 heteroatoms. The van der Waals surface area contributed by atoms with E-state index in [9.17, 15) is 0 Å². The van der Waals surface area contributed by atoms with Gasteiger partial charge in [-0.2, -0.15) is 0 Å². The molecular formula is C15H25N3O. The Morgan fingerprint density at radius 1 is 1.58 bits per heavy atom. The van der Waals surface area contributed by atoms with Gasteiger partial charge in [-0.1, -0.05) is 6.07 Å². The van der Waals surface area contributed by atoms with Gasteiger partial charge < -0.3 is 15.4 Å². The maximum atomic E-state index is 5.93. The second-order valence-electron chi connectivity index (χ2n) is 5.58. The van der Waals surface area contributed by atoms with E-state index in [1.54, 1.807) is 7.11 Å². The molecule has 0 aliphatic carbocycles. The lowest BCUT2D eigenvalue weighted by Gasteiger charge is -2.34. The molecule has 2 rings (SSSR count). The molecule has 106 valence electrons. The largest absolute Gasteiger partial charge is 0.384 e. The molecule has 0 bridgehead atoms. The summed E-state index contributed by atoms with van der Waals surface area (Å²) < 4.78 is 5.29. The third kappa shape index (κ3) is 3.91. The van der Waals surface area contributed by atoms with Gasteiger partial charge in [-0.05, 0) is 43.7 Å². The number of methoxy groups -OCH3 is 1. The van der Waals surface area contributed by atoms with Gasteiger partial charge >= 0.3 is 0 Å². The molecule has 0 spiro atoms. The minimum atomic E-state index is 0.169. The number of piperidine rings is 1. The van der Waals surface area contributed by atoms with Crippen molar-refractivity contribution in [3.63, 3.8) is 0 Å². The topological polar surface area (TPSA) is 51.4 Å². The van der Waals surface area contributed by atoms with E-state index >= 15 is 0 Å². The third-order valence-electron chi connectivity index (χ3n) is 3.63. The van der Waals surface area contributed by atoms with Gasteiger partial charge in [-0.25, -0.2) is 4.98 Å². The molecule has 2 atom stereocenters. The average molecular weight is 263 g/mol. The van der Waals surface area contributed by atoms with E-state index in [0.717, 1.165) is 31.9 Å². The molecule has 0 radical (unpaired) electrons. The van der Waals surface area contributed by atoms with E-state index in [2.05, 4.69) is 16.0 Å². The zero-order valence-electron chi connectivity index (χ0n) is 12.0. The Morgan fingerprint density at radius 3 is 3.16 bits per heavy atom. The Kier molecular flexibility index (Phi) is 5.16. The highest BCUT2D eigenvalue weighted by atomic mass is 16.5. The zero-order valence-corrected chi connectivity index (χ0v) is 12.0. The number of ether oxygens (including phenoxy) is 1. The summed E-state index contributed by atoms with van der Waals surface area (Å²) in [7, 11) is 1.78. The number of rotatable bonds is 5. The van der Waals surface area contributed by atoms with Crippen molar-refractivity contribution < 1.29 is 4.74 Å². The molecule has 2 heterocycles. The second-order valence-corrected chi connectivity index (χ2v) is 5.58. The monoisotopic (exact) mass is 263 g/mol. The lowest BCUT2D eigenvalue weighted by Crippen LogP contribution is -2.38. The number of aromatic nitrogens is 1. The molecule has 1 aliphatic rings. The van der Waals surface area contributed by atoms with E-state index in [1.165, 1.54) is 18.4 Å². The van der Waals surface area contributed by atoms with Crippen LogP contribution in [0.2, 0.25) is 0 Å². The van der Waals surface area contributed by atoms with Crippen molar-refractivity contribution >= 4 is 5.82 Å². The Labute approximate surface area is 116 Å². The summed E-state index contributed by atoms with van der Waals surface area (Å²) in [4.78, 5) is 6.97. The van der Waals surface area contributed by atoms with Crippen molar-refractivity contribution in [3.05, 3.63) is 23.9 Å². The molecule has 0 aromatic carbocycles. The van der Waals surface area contributed by atoms with Gasteiger partial charge in [0.1, 0.15) is 5.82 Å². The molecule has 19 heavy (non-hydrogen) atoms. The second kappa shape index (κ2) is 6.87. The number of nitrogens with two attached hydrogens (primary N) is 1. The summed E-state index contributed by atoms with van der Waals surface area (Å²) in [5.74, 6) is 1.73. The van der Waals surface area contributed by atoms with Gasteiger partial charge in [0, 0.05) is 32.4 Å². The highest BCUT2D eigenvalue weighted by molar-refractivity contribution is 5.47. The summed E-state index contributed by atoms with van der Waals surface area (Å²) in [6, 6.07) is 4.31. The number of nitrogens with zero attached hydrogens (tertiary/aromatic N) is 2. The van der Waals surface area contributed by atoms with Crippen LogP contribution in [0, 0.1) is 5.92 Å². The first-order chi connectivity index (χ1) is 9.20. The van der Waals surface area contributed by atoms with E-state index in [1.807, 2.05) is 19.2 Å². The van der Waals surface area contributed by atoms with E-state index in [0.29, 0.717) is 5.92 Å². The number of anilines is 1. The van der Waals surface area contributed by atoms with E-state index in [4.69, 9.17) is 10.5 Å². The lowest BCUT2D eigenvalue weighted by atomic mass is 9.98. The lowest BCUT2D eigenvalue weighted by molar-refractivity contribution is 0.143. The van der Waals surface area contributed by atoms with Crippen LogP contribution in [0.15, 0.2) is 18.3 Å². The normalized spacial score (nSPS) is 21.4. The van der Waals surface area contributed by atoms with Crippen LogP contribution in [0.5, 0.6) is 0 Å². The zero-order chi connectivity index (χ0) is 13.7. The molecule has 1 saturated heterocycles. The van der Waals surface area contributed by atoms with Gasteiger partial charge in [-0.3, -0.25) is 0 Å². The number of pyridine rings is 1. The fraction of sp³-hybridized carbons (Fsp3) is 0.667. The fourth-order valence-corrected chi connectivity index (χ4v) is 2.85. The predicted molar refractivity (Wildman–Crippen MR) is 78.4 cm³/mol. The average Bonchev–Trinajstić information content (AvgIpc) is 2.39. The summed E-state index contributed by atoms with van der Waals surface area (Å²) in [6.07, 6.45) is 5.22. The standard InChI is InChI=1S/C15H25N3O/c1-12(16)9-14-6-3-7-17-15(14)18-8-4-5-13(10-18)11-19-2/h3,6-7,12-13H,4-5,8-11,16H2,1-2H3. The minimum Gasteiger partial charge on any atom is -0.384 e. The van der Waals surface area contributed by atoms with E-state index < -0.39 is 0 Å². The molecule has 1 fully saturated rings. The summed E-state index contributed by atoms with van der Waals surface area (Å²) in [6.45, 7) is 5.01. The van der Waals surface area contributed by atoms with Crippen molar-refractivity contribution in [2.45, 2.75) is 32.2 Å². The Morgan fingerprint density at radius 2 is 2.42 bits per heavy atom.